The Morgan fingerprint density at radius 2 is 1.74 bits per heavy atom. The van der Waals surface area contributed by atoms with Gasteiger partial charge in [0.05, 0.1) is 5.41 Å². The number of rotatable bonds is 7. The van der Waals surface area contributed by atoms with Crippen LogP contribution in [0.3, 0.4) is 0 Å². The number of nitrogens with zero attached hydrogens (tertiary/aromatic N) is 1. The van der Waals surface area contributed by atoms with Crippen molar-refractivity contribution in [1.29, 1.82) is 0 Å². The lowest BCUT2D eigenvalue weighted by Crippen LogP contribution is -2.44. The maximum Gasteiger partial charge on any atom is 0.238 e. The maximum atomic E-state index is 13.4. The molecule has 1 atom stereocenters. The molecule has 0 spiro atoms. The van der Waals surface area contributed by atoms with Crippen LogP contribution in [0.4, 0.5) is 5.69 Å². The first-order chi connectivity index (χ1) is 12.9. The zero-order chi connectivity index (χ0) is 19.4. The molecule has 0 bridgehead atoms. The van der Waals surface area contributed by atoms with Crippen LogP contribution in [0.5, 0.6) is 0 Å². The molecule has 0 aromatic heterocycles. The molecule has 1 aliphatic heterocycles. The fourth-order valence-corrected chi connectivity index (χ4v) is 3.90. The Hall–Kier alpha value is -2.62. The summed E-state index contributed by atoms with van der Waals surface area (Å²) in [4.78, 5) is 27.8. The first-order valence-corrected chi connectivity index (χ1v) is 9.62. The zero-order valence-corrected chi connectivity index (χ0v) is 16.4. The molecule has 3 rings (SSSR count). The molecule has 2 aromatic carbocycles. The third-order valence-corrected chi connectivity index (χ3v) is 5.35. The van der Waals surface area contributed by atoms with Gasteiger partial charge in [-0.3, -0.25) is 9.59 Å². The Kier molecular flexibility index (Phi) is 5.64. The summed E-state index contributed by atoms with van der Waals surface area (Å²) in [7, 11) is 1.80. The van der Waals surface area contributed by atoms with Crippen molar-refractivity contribution >= 4 is 17.5 Å². The SMILES string of the molecule is CC(C)CCNC(=O)C[C@]1(Cc2ccccc2)C(=O)N(C)c2ccccc21. The molecule has 0 saturated heterocycles. The summed E-state index contributed by atoms with van der Waals surface area (Å²) in [6, 6.07) is 17.8. The van der Waals surface area contributed by atoms with E-state index in [-0.39, 0.29) is 18.2 Å². The number of hydrogen-bond donors (Lipinski definition) is 1. The number of carbonyl (C=O) groups is 2. The number of hydrogen-bond acceptors (Lipinski definition) is 2. The Balaban J connectivity index is 1.93. The molecule has 1 heterocycles. The number of anilines is 1. The first-order valence-electron chi connectivity index (χ1n) is 9.62. The van der Waals surface area contributed by atoms with E-state index in [1.165, 1.54) is 0 Å². The number of amides is 2. The average Bonchev–Trinajstić information content (AvgIpc) is 2.85. The molecule has 4 nitrogen and oxygen atoms in total. The highest BCUT2D eigenvalue weighted by molar-refractivity contribution is 6.09. The van der Waals surface area contributed by atoms with Gasteiger partial charge in [0.25, 0.3) is 0 Å². The van der Waals surface area contributed by atoms with Crippen LogP contribution in [-0.4, -0.2) is 25.4 Å². The smallest absolute Gasteiger partial charge is 0.238 e. The molecule has 0 radical (unpaired) electrons. The van der Waals surface area contributed by atoms with E-state index in [0.717, 1.165) is 23.2 Å². The van der Waals surface area contributed by atoms with Crippen molar-refractivity contribution in [3.63, 3.8) is 0 Å². The molecule has 0 unspecified atom stereocenters. The van der Waals surface area contributed by atoms with Crippen LogP contribution < -0.4 is 10.2 Å². The summed E-state index contributed by atoms with van der Waals surface area (Å²) in [5.41, 5.74) is 2.05. The van der Waals surface area contributed by atoms with Crippen LogP contribution in [0.2, 0.25) is 0 Å². The van der Waals surface area contributed by atoms with Crippen molar-refractivity contribution in [2.24, 2.45) is 5.92 Å². The number of nitrogens with one attached hydrogen (secondary N) is 1. The fraction of sp³-hybridized carbons (Fsp3) is 0.391. The van der Waals surface area contributed by atoms with Gasteiger partial charge in [-0.1, -0.05) is 62.4 Å². The first kappa shape index (κ1) is 19.2. The second-order valence-corrected chi connectivity index (χ2v) is 7.84. The molecule has 142 valence electrons. The van der Waals surface area contributed by atoms with Crippen LogP contribution in [0.25, 0.3) is 0 Å². The Morgan fingerprint density at radius 1 is 1.07 bits per heavy atom. The van der Waals surface area contributed by atoms with E-state index < -0.39 is 5.41 Å². The highest BCUT2D eigenvalue weighted by atomic mass is 16.2. The molecule has 2 aromatic rings. The summed E-state index contributed by atoms with van der Waals surface area (Å²) in [5.74, 6) is 0.458. The third-order valence-electron chi connectivity index (χ3n) is 5.35. The van der Waals surface area contributed by atoms with Crippen LogP contribution in [0, 0.1) is 5.92 Å². The van der Waals surface area contributed by atoms with Gasteiger partial charge in [-0.05, 0) is 36.0 Å². The standard InChI is InChI=1S/C23H28N2O2/c1-17(2)13-14-24-21(26)16-23(15-18-9-5-4-6-10-18)19-11-7-8-12-20(19)25(3)22(23)27/h4-12,17H,13-16H2,1-3H3,(H,24,26)/t23-/m0/s1. The van der Waals surface area contributed by atoms with Crippen molar-refractivity contribution in [2.45, 2.75) is 38.5 Å². The van der Waals surface area contributed by atoms with E-state index in [9.17, 15) is 9.59 Å². The van der Waals surface area contributed by atoms with E-state index in [2.05, 4.69) is 19.2 Å². The second kappa shape index (κ2) is 7.95. The Morgan fingerprint density at radius 3 is 2.44 bits per heavy atom. The zero-order valence-electron chi connectivity index (χ0n) is 16.4. The lowest BCUT2D eigenvalue weighted by atomic mass is 9.73. The normalized spacial score (nSPS) is 18.7. The molecule has 27 heavy (non-hydrogen) atoms. The largest absolute Gasteiger partial charge is 0.356 e. The third kappa shape index (κ3) is 3.90. The van der Waals surface area contributed by atoms with Gasteiger partial charge in [-0.2, -0.15) is 0 Å². The molecule has 2 amide bonds. The van der Waals surface area contributed by atoms with Crippen LogP contribution in [-0.2, 0) is 21.4 Å². The van der Waals surface area contributed by atoms with Crippen molar-refractivity contribution < 1.29 is 9.59 Å². The van der Waals surface area contributed by atoms with E-state index in [1.54, 1.807) is 11.9 Å². The maximum absolute atomic E-state index is 13.4. The van der Waals surface area contributed by atoms with Gasteiger partial charge in [0, 0.05) is 25.7 Å². The molecule has 0 aliphatic carbocycles. The summed E-state index contributed by atoms with van der Waals surface area (Å²) in [6.07, 6.45) is 1.62. The van der Waals surface area contributed by atoms with E-state index in [0.29, 0.717) is 18.9 Å². The lowest BCUT2D eigenvalue weighted by Gasteiger charge is -2.28. The summed E-state index contributed by atoms with van der Waals surface area (Å²) >= 11 is 0. The highest BCUT2D eigenvalue weighted by Crippen LogP contribution is 2.45. The Bertz CT molecular complexity index is 816. The molecular formula is C23H28N2O2. The van der Waals surface area contributed by atoms with Gasteiger partial charge < -0.3 is 10.2 Å². The summed E-state index contributed by atoms with van der Waals surface area (Å²) in [5, 5.41) is 3.01. The van der Waals surface area contributed by atoms with Crippen molar-refractivity contribution in [1.82, 2.24) is 5.32 Å². The van der Waals surface area contributed by atoms with Crippen molar-refractivity contribution in [2.75, 3.05) is 18.5 Å². The van der Waals surface area contributed by atoms with Gasteiger partial charge in [-0.25, -0.2) is 0 Å². The van der Waals surface area contributed by atoms with Crippen LogP contribution in [0.1, 0.15) is 37.8 Å². The minimum atomic E-state index is -0.853. The van der Waals surface area contributed by atoms with Crippen LogP contribution >= 0.6 is 0 Å². The average molecular weight is 364 g/mol. The van der Waals surface area contributed by atoms with Gasteiger partial charge in [-0.15, -0.1) is 0 Å². The minimum absolute atomic E-state index is 0.00781. The number of benzene rings is 2. The van der Waals surface area contributed by atoms with Gasteiger partial charge in [0.2, 0.25) is 11.8 Å². The molecule has 4 heteroatoms. The highest BCUT2D eigenvalue weighted by Gasteiger charge is 2.50. The minimum Gasteiger partial charge on any atom is -0.356 e. The monoisotopic (exact) mass is 364 g/mol. The van der Waals surface area contributed by atoms with Gasteiger partial charge >= 0.3 is 0 Å². The fourth-order valence-electron chi connectivity index (χ4n) is 3.90. The molecule has 1 N–H and O–H groups in total. The second-order valence-electron chi connectivity index (χ2n) is 7.84. The lowest BCUT2D eigenvalue weighted by molar-refractivity contribution is -0.129. The summed E-state index contributed by atoms with van der Waals surface area (Å²) < 4.78 is 0. The van der Waals surface area contributed by atoms with Crippen LogP contribution in [0.15, 0.2) is 54.6 Å². The number of carbonyl (C=O) groups excluding carboxylic acids is 2. The van der Waals surface area contributed by atoms with E-state index in [4.69, 9.17) is 0 Å². The molecule has 1 aliphatic rings. The van der Waals surface area contributed by atoms with Gasteiger partial charge in [0.15, 0.2) is 0 Å². The van der Waals surface area contributed by atoms with E-state index >= 15 is 0 Å². The number of para-hydroxylation sites is 1. The topological polar surface area (TPSA) is 49.4 Å². The number of fused-ring (bicyclic) bond motifs is 1. The van der Waals surface area contributed by atoms with Crippen molar-refractivity contribution in [3.8, 4) is 0 Å². The summed E-state index contributed by atoms with van der Waals surface area (Å²) in [6.45, 7) is 4.91. The molecule has 0 fully saturated rings. The van der Waals surface area contributed by atoms with Gasteiger partial charge in [0.1, 0.15) is 0 Å². The number of likely N-dealkylation sites (N-methyl/N-ethyl adjacent to an activating group) is 1. The van der Waals surface area contributed by atoms with Crippen molar-refractivity contribution in [3.05, 3.63) is 65.7 Å². The predicted molar refractivity (Wildman–Crippen MR) is 109 cm³/mol. The quantitative estimate of drug-likeness (QED) is 0.814. The molecular weight excluding hydrogens is 336 g/mol. The Labute approximate surface area is 161 Å². The predicted octanol–water partition coefficient (Wildman–Crippen LogP) is 3.70. The molecule has 0 saturated carbocycles. The van der Waals surface area contributed by atoms with E-state index in [1.807, 2.05) is 54.6 Å².